The molecule has 3 atom stereocenters. The number of phenolic OH excluding ortho intramolecular Hbond substituents is 1. The summed E-state index contributed by atoms with van der Waals surface area (Å²) in [6.07, 6.45) is 1.81. The first kappa shape index (κ1) is 25.6. The fourth-order valence-electron chi connectivity index (χ4n) is 5.09. The first-order valence-electron chi connectivity index (χ1n) is 12.2. The largest absolute Gasteiger partial charge is 0.508 e. The summed E-state index contributed by atoms with van der Waals surface area (Å²) in [5.74, 6) is 1.24. The van der Waals surface area contributed by atoms with Gasteiger partial charge in [-0.25, -0.2) is 0 Å². The van der Waals surface area contributed by atoms with Gasteiger partial charge in [0.2, 0.25) is 0 Å². The maximum Gasteiger partial charge on any atom is 0.368 e. The standard InChI is InChI=1S/C28H29Cl2O5P/c1-17(2)24-14-18(7-9-26(24)31)23-8-6-20-13-22(15-25(30)28(20)23)33-16-36(32)34-11-10-27(35-36)19-4-3-5-21(29)12-19/h3-5,7,9,12-15,17,23,27,31H,6,8,10-11,16H2,1-2H3/t23-,27+,36?/m1/s1. The van der Waals surface area contributed by atoms with Crippen LogP contribution < -0.4 is 4.74 Å². The van der Waals surface area contributed by atoms with E-state index in [-0.39, 0.29) is 24.3 Å². The van der Waals surface area contributed by atoms with Gasteiger partial charge in [-0.1, -0.05) is 61.3 Å². The monoisotopic (exact) mass is 546 g/mol. The molecule has 0 aromatic heterocycles. The summed E-state index contributed by atoms with van der Waals surface area (Å²) in [7, 11) is -3.46. The lowest BCUT2D eigenvalue weighted by Gasteiger charge is -2.30. The Bertz CT molecular complexity index is 1330. The van der Waals surface area contributed by atoms with Gasteiger partial charge in [-0.05, 0) is 76.9 Å². The average molecular weight is 547 g/mol. The van der Waals surface area contributed by atoms with Crippen molar-refractivity contribution in [3.05, 3.63) is 92.5 Å². The van der Waals surface area contributed by atoms with Crippen LogP contribution in [-0.4, -0.2) is 18.1 Å². The van der Waals surface area contributed by atoms with Crippen molar-refractivity contribution in [1.29, 1.82) is 0 Å². The molecule has 3 aromatic rings. The van der Waals surface area contributed by atoms with Crippen molar-refractivity contribution in [3.63, 3.8) is 0 Å². The summed E-state index contributed by atoms with van der Waals surface area (Å²) in [5, 5.41) is 11.4. The molecule has 0 bridgehead atoms. The summed E-state index contributed by atoms with van der Waals surface area (Å²) < 4.78 is 30.6. The number of aryl methyl sites for hydroxylation is 1. The lowest BCUT2D eigenvalue weighted by atomic mass is 9.89. The predicted octanol–water partition coefficient (Wildman–Crippen LogP) is 8.61. The minimum absolute atomic E-state index is 0.154. The van der Waals surface area contributed by atoms with Gasteiger partial charge in [-0.2, -0.15) is 0 Å². The summed E-state index contributed by atoms with van der Waals surface area (Å²) in [6, 6.07) is 16.9. The Balaban J connectivity index is 1.31. The van der Waals surface area contributed by atoms with E-state index in [0.717, 1.165) is 40.7 Å². The third-order valence-corrected chi connectivity index (χ3v) is 9.03. The van der Waals surface area contributed by atoms with Gasteiger partial charge in [0, 0.05) is 22.4 Å². The Kier molecular flexibility index (Phi) is 7.40. The Morgan fingerprint density at radius 1 is 1.08 bits per heavy atom. The van der Waals surface area contributed by atoms with Crippen LogP contribution >= 0.6 is 30.8 Å². The van der Waals surface area contributed by atoms with Gasteiger partial charge in [-0.3, -0.25) is 9.09 Å². The molecule has 0 radical (unpaired) electrons. The normalized spacial score (nSPS) is 23.6. The zero-order chi connectivity index (χ0) is 25.4. The van der Waals surface area contributed by atoms with E-state index >= 15 is 0 Å². The van der Waals surface area contributed by atoms with Gasteiger partial charge < -0.3 is 14.4 Å². The van der Waals surface area contributed by atoms with Crippen LogP contribution in [0.2, 0.25) is 10.0 Å². The van der Waals surface area contributed by atoms with Crippen LogP contribution in [0, 0.1) is 0 Å². The summed E-state index contributed by atoms with van der Waals surface area (Å²) in [4.78, 5) is 0. The SMILES string of the molecule is CC(C)c1cc([C@H]2CCc3cc(OCP4(=O)OCC[C@@H](c5cccc(Cl)c5)O4)cc(Cl)c32)ccc1O. The number of benzene rings is 3. The van der Waals surface area contributed by atoms with Crippen LogP contribution in [0.4, 0.5) is 0 Å². The highest BCUT2D eigenvalue weighted by Crippen LogP contribution is 2.56. The highest BCUT2D eigenvalue weighted by molar-refractivity contribution is 7.53. The molecule has 1 heterocycles. The average Bonchev–Trinajstić information content (AvgIpc) is 3.28. The zero-order valence-electron chi connectivity index (χ0n) is 20.2. The van der Waals surface area contributed by atoms with E-state index in [2.05, 4.69) is 19.9 Å². The third kappa shape index (κ3) is 5.32. The first-order chi connectivity index (χ1) is 17.2. The van der Waals surface area contributed by atoms with Crippen molar-refractivity contribution in [2.45, 2.75) is 51.0 Å². The molecule has 1 fully saturated rings. The molecule has 190 valence electrons. The maximum absolute atomic E-state index is 13.3. The molecule has 1 saturated heterocycles. The third-order valence-electron chi connectivity index (χ3n) is 6.88. The molecule has 5 nitrogen and oxygen atoms in total. The number of halogens is 2. The van der Waals surface area contributed by atoms with Gasteiger partial charge in [0.15, 0.2) is 6.35 Å². The van der Waals surface area contributed by atoms with Crippen LogP contribution in [0.5, 0.6) is 11.5 Å². The molecular formula is C28H29Cl2O5P. The van der Waals surface area contributed by atoms with Crippen molar-refractivity contribution >= 4 is 30.8 Å². The number of hydrogen-bond acceptors (Lipinski definition) is 5. The lowest BCUT2D eigenvalue weighted by molar-refractivity contribution is 0.0725. The first-order valence-corrected chi connectivity index (χ1v) is 14.7. The summed E-state index contributed by atoms with van der Waals surface area (Å²) in [5.41, 5.74) is 5.15. The van der Waals surface area contributed by atoms with E-state index in [1.165, 1.54) is 0 Å². The van der Waals surface area contributed by atoms with Crippen LogP contribution in [-0.2, 0) is 20.0 Å². The van der Waals surface area contributed by atoms with Gasteiger partial charge in [0.25, 0.3) is 0 Å². The Morgan fingerprint density at radius 3 is 2.69 bits per heavy atom. The van der Waals surface area contributed by atoms with Crippen LogP contribution in [0.25, 0.3) is 0 Å². The van der Waals surface area contributed by atoms with E-state index in [1.54, 1.807) is 18.2 Å². The molecule has 0 saturated carbocycles. The van der Waals surface area contributed by atoms with E-state index < -0.39 is 7.60 Å². The number of phenols is 1. The fraction of sp³-hybridized carbons (Fsp3) is 0.357. The molecule has 1 aliphatic heterocycles. The summed E-state index contributed by atoms with van der Waals surface area (Å²) >= 11 is 12.9. The zero-order valence-corrected chi connectivity index (χ0v) is 22.7. The van der Waals surface area contributed by atoms with Crippen molar-refractivity contribution < 1.29 is 23.5 Å². The minimum Gasteiger partial charge on any atom is -0.508 e. The maximum atomic E-state index is 13.3. The molecular weight excluding hydrogens is 518 g/mol. The number of ether oxygens (including phenoxy) is 1. The molecule has 0 spiro atoms. The Morgan fingerprint density at radius 2 is 1.92 bits per heavy atom. The van der Waals surface area contributed by atoms with Gasteiger partial charge in [0.1, 0.15) is 11.5 Å². The molecule has 1 N–H and O–H groups in total. The van der Waals surface area contributed by atoms with Crippen LogP contribution in [0.3, 0.4) is 0 Å². The predicted molar refractivity (Wildman–Crippen MR) is 143 cm³/mol. The van der Waals surface area contributed by atoms with Crippen molar-refractivity contribution in [3.8, 4) is 11.5 Å². The lowest BCUT2D eigenvalue weighted by Crippen LogP contribution is -2.17. The minimum atomic E-state index is -3.46. The van der Waals surface area contributed by atoms with Gasteiger partial charge >= 0.3 is 7.60 Å². The highest BCUT2D eigenvalue weighted by Gasteiger charge is 2.36. The van der Waals surface area contributed by atoms with Gasteiger partial charge in [0.05, 0.1) is 12.7 Å². The fourth-order valence-corrected chi connectivity index (χ4v) is 7.15. The smallest absolute Gasteiger partial charge is 0.368 e. The molecule has 5 rings (SSSR count). The molecule has 2 aliphatic rings. The second-order valence-corrected chi connectivity index (χ2v) is 12.5. The molecule has 0 amide bonds. The van der Waals surface area contributed by atoms with Gasteiger partial charge in [-0.15, -0.1) is 0 Å². The van der Waals surface area contributed by atoms with Crippen LogP contribution in [0.1, 0.15) is 72.4 Å². The van der Waals surface area contributed by atoms with E-state index in [1.807, 2.05) is 30.3 Å². The highest BCUT2D eigenvalue weighted by atomic mass is 35.5. The quantitative estimate of drug-likeness (QED) is 0.313. The van der Waals surface area contributed by atoms with E-state index in [4.69, 9.17) is 37.0 Å². The number of fused-ring (bicyclic) bond motifs is 1. The molecule has 1 unspecified atom stereocenters. The number of aromatic hydroxyl groups is 1. The molecule has 1 aliphatic carbocycles. The Labute approximate surface area is 221 Å². The van der Waals surface area contributed by atoms with E-state index in [9.17, 15) is 9.67 Å². The van der Waals surface area contributed by atoms with Crippen molar-refractivity contribution in [2.75, 3.05) is 13.0 Å². The summed E-state index contributed by atoms with van der Waals surface area (Å²) in [6.45, 7) is 4.45. The van der Waals surface area contributed by atoms with Crippen molar-refractivity contribution in [1.82, 2.24) is 0 Å². The molecule has 36 heavy (non-hydrogen) atoms. The van der Waals surface area contributed by atoms with E-state index in [0.29, 0.717) is 34.6 Å². The van der Waals surface area contributed by atoms with Crippen molar-refractivity contribution in [2.24, 2.45) is 0 Å². The molecule has 3 aromatic carbocycles. The molecule has 8 heteroatoms. The van der Waals surface area contributed by atoms with Crippen LogP contribution in [0.15, 0.2) is 54.6 Å². The second-order valence-electron chi connectivity index (χ2n) is 9.70. The second kappa shape index (κ2) is 10.4. The number of hydrogen-bond donors (Lipinski definition) is 1. The number of rotatable bonds is 6. The topological polar surface area (TPSA) is 65.0 Å². The Hall–Kier alpha value is -2.01.